The average molecular weight is 1050 g/mol. The van der Waals surface area contributed by atoms with Gasteiger partial charge in [0.05, 0.1) is 111 Å². The standard InChI is InChI=1S/C10H14O8.C10H14O4.2C9H12O5.C8H10O5/c1-15-9(13)7(3-17-5-11)8(4-18-6-12)10(14)16-2;1-13-9(11)7-5-3-4-6-8(7)10(12)14-2;2*1-13-8(11)6-3-5(10)4-7(6)9(12)14-2;1-13-8(12)6-3-4(9)2-5(6)7(10)11/h5-8H,3-4H2,1-2H3;3-4,7-8H,5-6H2,1-2H3;2*6-7H,3-4H2,1-2H3;5-6H,2-3H2,1H3,(H,10,11)/t2*7-,8-;2*6-,7-;5-,6-/m00100/s1. The molecule has 0 bridgehead atoms. The summed E-state index contributed by atoms with van der Waals surface area (Å²) in [7, 11) is 11.0. The van der Waals surface area contributed by atoms with Crippen LogP contribution < -0.4 is 0 Å². The van der Waals surface area contributed by atoms with Crippen LogP contribution in [0.2, 0.25) is 0 Å². The number of carboxylic acids is 1. The number of hydrogen-bond donors (Lipinski definition) is 1. The van der Waals surface area contributed by atoms with Crippen molar-refractivity contribution >= 4 is 90.0 Å². The summed E-state index contributed by atoms with van der Waals surface area (Å²) in [6.07, 6.45) is 5.11. The molecule has 1 N–H and O–H groups in total. The predicted octanol–water partition coefficient (Wildman–Crippen LogP) is -0.480. The molecule has 3 fully saturated rings. The van der Waals surface area contributed by atoms with Crippen molar-refractivity contribution in [1.82, 2.24) is 0 Å². The number of carboxylic acid groups (broad SMARTS) is 1. The van der Waals surface area contributed by atoms with Crippen LogP contribution in [0, 0.1) is 59.2 Å². The number of hydrogen-bond acceptors (Lipinski definition) is 26. The Kier molecular flexibility index (Phi) is 31.1. The lowest BCUT2D eigenvalue weighted by Crippen LogP contribution is -2.37. The van der Waals surface area contributed by atoms with Gasteiger partial charge in [0.25, 0.3) is 12.9 Å². The number of Topliss-reactive ketones (excluding diaryl/α,β-unsaturated/α-hetero) is 3. The van der Waals surface area contributed by atoms with Gasteiger partial charge < -0.3 is 57.2 Å². The summed E-state index contributed by atoms with van der Waals surface area (Å²) in [4.78, 5) is 165. The third kappa shape index (κ3) is 20.9. The first-order valence-electron chi connectivity index (χ1n) is 21.8. The fourth-order valence-electron chi connectivity index (χ4n) is 7.75. The van der Waals surface area contributed by atoms with Gasteiger partial charge >= 0.3 is 59.7 Å². The lowest BCUT2D eigenvalue weighted by Gasteiger charge is -2.23. The minimum Gasteiger partial charge on any atom is -0.481 e. The van der Waals surface area contributed by atoms with Crippen molar-refractivity contribution in [2.45, 2.75) is 51.4 Å². The van der Waals surface area contributed by atoms with Crippen molar-refractivity contribution in [1.29, 1.82) is 0 Å². The van der Waals surface area contributed by atoms with Crippen LogP contribution in [0.25, 0.3) is 0 Å². The maximum absolute atomic E-state index is 11.5. The number of carbonyl (C=O) groups excluding carboxylic acids is 14. The van der Waals surface area contributed by atoms with Gasteiger partial charge in [0.2, 0.25) is 0 Å². The van der Waals surface area contributed by atoms with Gasteiger partial charge in [-0.25, -0.2) is 0 Å². The van der Waals surface area contributed by atoms with Gasteiger partial charge in [-0.3, -0.25) is 71.9 Å². The Morgan fingerprint density at radius 1 is 0.411 bits per heavy atom. The molecule has 4 aliphatic carbocycles. The van der Waals surface area contributed by atoms with E-state index in [0.29, 0.717) is 12.8 Å². The summed E-state index contributed by atoms with van der Waals surface area (Å²) in [5.74, 6) is -13.8. The van der Waals surface area contributed by atoms with E-state index in [9.17, 15) is 71.9 Å². The molecule has 0 heterocycles. The van der Waals surface area contributed by atoms with Crippen LogP contribution in [-0.4, -0.2) is 172 Å². The molecule has 408 valence electrons. The van der Waals surface area contributed by atoms with Crippen LogP contribution in [0.5, 0.6) is 0 Å². The maximum atomic E-state index is 11.5. The van der Waals surface area contributed by atoms with Gasteiger partial charge in [0, 0.05) is 38.5 Å². The molecule has 27 nitrogen and oxygen atoms in total. The number of allylic oxidation sites excluding steroid dienone is 2. The molecule has 0 aromatic heterocycles. The molecular formula is C46H62O27. The minimum atomic E-state index is -1.11. The first kappa shape index (κ1) is 65.4. The highest BCUT2D eigenvalue weighted by Crippen LogP contribution is 2.33. The fourth-order valence-corrected chi connectivity index (χ4v) is 7.75. The molecule has 0 amide bonds. The summed E-state index contributed by atoms with van der Waals surface area (Å²) >= 11 is 0. The van der Waals surface area contributed by atoms with Crippen molar-refractivity contribution in [3.05, 3.63) is 12.2 Å². The molecule has 4 aliphatic rings. The number of ether oxygens (including phenoxy) is 11. The second-order valence-electron chi connectivity index (χ2n) is 15.8. The molecule has 0 aromatic carbocycles. The molecule has 4 rings (SSSR count). The normalized spacial score (nSPS) is 22.9. The third-order valence-corrected chi connectivity index (χ3v) is 11.6. The average Bonchev–Trinajstić information content (AvgIpc) is 4.13. The molecule has 0 saturated heterocycles. The van der Waals surface area contributed by atoms with Crippen LogP contribution in [0.3, 0.4) is 0 Å². The molecule has 27 heteroatoms. The smallest absolute Gasteiger partial charge is 0.313 e. The summed E-state index contributed by atoms with van der Waals surface area (Å²) < 4.78 is 49.5. The fraction of sp³-hybridized carbons (Fsp3) is 0.630. The number of esters is 9. The van der Waals surface area contributed by atoms with Gasteiger partial charge in [-0.2, -0.15) is 0 Å². The molecule has 0 aromatic rings. The zero-order valence-electron chi connectivity index (χ0n) is 41.7. The number of aliphatic carboxylic acids is 1. The number of carbonyl (C=O) groups is 15. The van der Waals surface area contributed by atoms with Crippen LogP contribution in [0.4, 0.5) is 0 Å². The second kappa shape index (κ2) is 34.7. The summed E-state index contributed by atoms with van der Waals surface area (Å²) in [6.45, 7) is -0.494. The molecule has 73 heavy (non-hydrogen) atoms. The van der Waals surface area contributed by atoms with E-state index in [4.69, 9.17) is 5.11 Å². The monoisotopic (exact) mass is 1050 g/mol. The van der Waals surface area contributed by atoms with E-state index in [0.717, 1.165) is 14.2 Å². The van der Waals surface area contributed by atoms with Gasteiger partial charge in [-0.15, -0.1) is 0 Å². The zero-order chi connectivity index (χ0) is 56.0. The highest BCUT2D eigenvalue weighted by molar-refractivity contribution is 5.97. The Balaban J connectivity index is 0.000000891. The summed E-state index contributed by atoms with van der Waals surface area (Å²) in [5.41, 5.74) is 0. The third-order valence-electron chi connectivity index (χ3n) is 11.6. The van der Waals surface area contributed by atoms with E-state index < -0.39 is 107 Å². The van der Waals surface area contributed by atoms with Crippen molar-refractivity contribution in [3.63, 3.8) is 0 Å². The van der Waals surface area contributed by atoms with Gasteiger partial charge in [-0.05, 0) is 12.8 Å². The number of ketones is 3. The van der Waals surface area contributed by atoms with Gasteiger partial charge in [0.1, 0.15) is 42.4 Å². The van der Waals surface area contributed by atoms with E-state index in [1.165, 1.54) is 49.8 Å². The van der Waals surface area contributed by atoms with Crippen LogP contribution in [-0.2, 0) is 124 Å². The lowest BCUT2D eigenvalue weighted by molar-refractivity contribution is -0.164. The highest BCUT2D eigenvalue weighted by Gasteiger charge is 2.45. The molecule has 0 unspecified atom stereocenters. The Bertz CT molecular complexity index is 1800. The first-order chi connectivity index (χ1) is 34.6. The van der Waals surface area contributed by atoms with Crippen molar-refractivity contribution in [3.8, 4) is 0 Å². The quantitative estimate of drug-likeness (QED) is 0.0832. The maximum Gasteiger partial charge on any atom is 0.313 e. The molecular weight excluding hydrogens is 984 g/mol. The highest BCUT2D eigenvalue weighted by atomic mass is 16.6. The molecule has 0 spiro atoms. The molecule has 3 saturated carbocycles. The Morgan fingerprint density at radius 2 is 0.630 bits per heavy atom. The van der Waals surface area contributed by atoms with E-state index in [-0.39, 0.29) is 94.0 Å². The van der Waals surface area contributed by atoms with Crippen molar-refractivity contribution < 1.29 is 129 Å². The largest absolute Gasteiger partial charge is 0.481 e. The van der Waals surface area contributed by atoms with E-state index in [1.54, 1.807) is 0 Å². The van der Waals surface area contributed by atoms with Crippen molar-refractivity contribution in [2.24, 2.45) is 59.2 Å². The Hall–Kier alpha value is -7.61. The van der Waals surface area contributed by atoms with E-state index in [2.05, 4.69) is 52.1 Å². The van der Waals surface area contributed by atoms with Gasteiger partial charge in [-0.1, -0.05) is 12.2 Å². The van der Waals surface area contributed by atoms with Crippen LogP contribution in [0.1, 0.15) is 51.4 Å². The van der Waals surface area contributed by atoms with E-state index >= 15 is 0 Å². The van der Waals surface area contributed by atoms with Crippen LogP contribution >= 0.6 is 0 Å². The SMILES string of the molecule is COC(=O)[C@@H](COC=O)[C@H](COC=O)C(=O)OC.COC(=O)[C@@H]1CC(=O)C[C@H]1C(=O)OC.COC(=O)[C@H]1CC(=O)C[C@@H]1C(=O)O.COC(=O)[C@H]1CC(=O)C[C@@H]1C(=O)OC.COC(=O)[C@H]1CC=CC[C@@H]1C(=O)OC. The predicted molar refractivity (Wildman–Crippen MR) is 236 cm³/mol. The number of rotatable bonds is 17. The number of methoxy groups -OCH3 is 9. The van der Waals surface area contributed by atoms with Crippen molar-refractivity contribution in [2.75, 3.05) is 77.2 Å². The zero-order valence-corrected chi connectivity index (χ0v) is 41.7. The second-order valence-corrected chi connectivity index (χ2v) is 15.8. The summed E-state index contributed by atoms with van der Waals surface area (Å²) in [5, 5.41) is 8.69. The summed E-state index contributed by atoms with van der Waals surface area (Å²) in [6, 6.07) is 0. The topological polar surface area (TPSA) is 378 Å². The minimum absolute atomic E-state index is 0.0103. The van der Waals surface area contributed by atoms with Gasteiger partial charge in [0.15, 0.2) is 0 Å². The molecule has 0 aliphatic heterocycles. The first-order valence-corrected chi connectivity index (χ1v) is 21.8. The Labute approximate surface area is 418 Å². The molecule has 10 atom stereocenters. The van der Waals surface area contributed by atoms with E-state index in [1.807, 2.05) is 12.2 Å². The Morgan fingerprint density at radius 3 is 0.836 bits per heavy atom. The molecule has 0 radical (unpaired) electrons. The lowest BCUT2D eigenvalue weighted by atomic mass is 9.83. The van der Waals surface area contributed by atoms with Crippen LogP contribution in [0.15, 0.2) is 12.2 Å².